The SMILES string of the molecule is C=C(C)C1CC[C@]2(CO)CC[C@]3(C)[C@H](CC[C@@H]4[C@@]5(C)CC[C@H](O[C@H]6OC(=O)[C@H]7C(CC[C@@H]7C)[C@@H]6C)C(C)(C)[C@@H]5CC[C@]43C)[C@@H]12. The molecule has 0 aromatic heterocycles. The molecule has 7 aliphatic rings. The average molecular weight is 609 g/mol. The molecule has 7 rings (SSSR count). The summed E-state index contributed by atoms with van der Waals surface area (Å²) in [5, 5.41) is 10.8. The topological polar surface area (TPSA) is 55.8 Å². The number of fused-ring (bicyclic) bond motifs is 8. The summed E-state index contributed by atoms with van der Waals surface area (Å²) in [5.74, 6) is 4.35. The number of carbonyl (C=O) groups is 1. The first-order valence-electron chi connectivity index (χ1n) is 18.8. The lowest BCUT2D eigenvalue weighted by Crippen LogP contribution is -2.67. The lowest BCUT2D eigenvalue weighted by atomic mass is 9.32. The van der Waals surface area contributed by atoms with Crippen LogP contribution in [0.5, 0.6) is 0 Å². The number of cyclic esters (lactones) is 1. The zero-order valence-electron chi connectivity index (χ0n) is 29.4. The molecule has 4 heteroatoms. The summed E-state index contributed by atoms with van der Waals surface area (Å²) in [6.45, 7) is 24.6. The first-order valence-corrected chi connectivity index (χ1v) is 18.8. The number of ether oxygens (including phenoxy) is 2. The average Bonchev–Trinajstić information content (AvgIpc) is 3.55. The van der Waals surface area contributed by atoms with E-state index < -0.39 is 6.29 Å². The van der Waals surface area contributed by atoms with Gasteiger partial charge in [-0.1, -0.05) is 60.6 Å². The molecular weight excluding hydrogens is 544 g/mol. The van der Waals surface area contributed by atoms with Crippen LogP contribution >= 0.6 is 0 Å². The van der Waals surface area contributed by atoms with E-state index in [1.54, 1.807) is 0 Å². The van der Waals surface area contributed by atoms with Crippen LogP contribution < -0.4 is 0 Å². The third-order valence-electron chi connectivity index (χ3n) is 17.4. The number of allylic oxidation sites excluding steroid dienone is 1. The highest BCUT2D eigenvalue weighted by Gasteiger charge is 2.71. The monoisotopic (exact) mass is 608 g/mol. The van der Waals surface area contributed by atoms with Crippen molar-refractivity contribution in [3.63, 3.8) is 0 Å². The third-order valence-corrected chi connectivity index (χ3v) is 17.4. The molecule has 1 aliphatic heterocycles. The van der Waals surface area contributed by atoms with Crippen LogP contribution in [-0.2, 0) is 14.3 Å². The maximum absolute atomic E-state index is 13.1. The number of aliphatic hydroxyl groups is 1. The van der Waals surface area contributed by atoms with E-state index in [-0.39, 0.29) is 34.7 Å². The fourth-order valence-corrected chi connectivity index (χ4v) is 14.8. The van der Waals surface area contributed by atoms with Crippen LogP contribution in [0.15, 0.2) is 12.2 Å². The van der Waals surface area contributed by atoms with Gasteiger partial charge in [-0.2, -0.15) is 0 Å². The van der Waals surface area contributed by atoms with Crippen molar-refractivity contribution in [2.24, 2.45) is 80.3 Å². The molecule has 4 nitrogen and oxygen atoms in total. The molecule has 0 radical (unpaired) electrons. The van der Waals surface area contributed by atoms with Crippen molar-refractivity contribution in [3.8, 4) is 0 Å². The fraction of sp³-hybridized carbons (Fsp3) is 0.925. The molecule has 15 atom stereocenters. The van der Waals surface area contributed by atoms with Crippen molar-refractivity contribution in [3.05, 3.63) is 12.2 Å². The number of hydrogen-bond acceptors (Lipinski definition) is 4. The molecule has 6 saturated carbocycles. The molecule has 6 aliphatic carbocycles. The minimum Gasteiger partial charge on any atom is -0.435 e. The molecule has 44 heavy (non-hydrogen) atoms. The summed E-state index contributed by atoms with van der Waals surface area (Å²) in [6, 6.07) is 0. The van der Waals surface area contributed by atoms with Gasteiger partial charge in [0.25, 0.3) is 0 Å². The number of aliphatic hydroxyl groups excluding tert-OH is 1. The molecule has 0 amide bonds. The van der Waals surface area contributed by atoms with E-state index in [1.807, 2.05) is 0 Å². The predicted molar refractivity (Wildman–Crippen MR) is 175 cm³/mol. The summed E-state index contributed by atoms with van der Waals surface area (Å²) in [7, 11) is 0. The van der Waals surface area contributed by atoms with Gasteiger partial charge >= 0.3 is 5.97 Å². The van der Waals surface area contributed by atoms with Crippen molar-refractivity contribution in [2.75, 3.05) is 6.61 Å². The second kappa shape index (κ2) is 10.3. The Labute approximate surface area is 268 Å². The molecule has 7 fully saturated rings. The highest BCUT2D eigenvalue weighted by Crippen LogP contribution is 2.77. The Morgan fingerprint density at radius 1 is 0.886 bits per heavy atom. The minimum absolute atomic E-state index is 0.00570. The minimum atomic E-state index is -0.396. The second-order valence-corrected chi connectivity index (χ2v) is 19.1. The molecule has 2 unspecified atom stereocenters. The van der Waals surface area contributed by atoms with Gasteiger partial charge < -0.3 is 14.6 Å². The van der Waals surface area contributed by atoms with Gasteiger partial charge in [-0.15, -0.1) is 0 Å². The van der Waals surface area contributed by atoms with Crippen LogP contribution in [0.25, 0.3) is 0 Å². The Bertz CT molecular complexity index is 1180. The Balaban J connectivity index is 1.14. The van der Waals surface area contributed by atoms with Gasteiger partial charge in [0.05, 0.1) is 12.0 Å². The standard InChI is InChI=1S/C40H64O4/c1-23(2)26-14-19-40(22-41)21-20-38(8)28(33(26)40)12-13-30-37(7)17-16-31(36(5,6)29(37)15-18-39(30,38)9)43-35-25(4)27-11-10-24(3)32(27)34(42)44-35/h24-33,35,41H,1,10-22H2,2-9H3/t24-,25-,26?,27?,28+,29-,30+,31-,32+,33+,35-,37-,38+,39+,40+/m0/s1. The highest BCUT2D eigenvalue weighted by atomic mass is 16.7. The molecule has 1 N–H and O–H groups in total. The van der Waals surface area contributed by atoms with Gasteiger partial charge in [-0.25, -0.2) is 0 Å². The van der Waals surface area contributed by atoms with E-state index in [9.17, 15) is 9.90 Å². The Morgan fingerprint density at radius 2 is 1.64 bits per heavy atom. The van der Waals surface area contributed by atoms with Crippen molar-refractivity contribution in [1.29, 1.82) is 0 Å². The van der Waals surface area contributed by atoms with Crippen LogP contribution in [-0.4, -0.2) is 30.1 Å². The normalized spacial score (nSPS) is 56.0. The molecule has 0 spiro atoms. The van der Waals surface area contributed by atoms with E-state index in [0.29, 0.717) is 64.3 Å². The molecule has 0 bridgehead atoms. The molecule has 248 valence electrons. The van der Waals surface area contributed by atoms with Crippen LogP contribution in [0.3, 0.4) is 0 Å². The van der Waals surface area contributed by atoms with Crippen LogP contribution in [0.4, 0.5) is 0 Å². The summed E-state index contributed by atoms with van der Waals surface area (Å²) in [6.07, 6.45) is 14.3. The molecule has 1 heterocycles. The summed E-state index contributed by atoms with van der Waals surface area (Å²) in [4.78, 5) is 13.1. The van der Waals surface area contributed by atoms with Crippen molar-refractivity contribution >= 4 is 5.97 Å². The Hall–Kier alpha value is -0.870. The highest BCUT2D eigenvalue weighted by molar-refractivity contribution is 5.74. The maximum atomic E-state index is 13.1. The number of carbonyl (C=O) groups excluding carboxylic acids is 1. The van der Waals surface area contributed by atoms with Gasteiger partial charge in [0.2, 0.25) is 6.29 Å². The Morgan fingerprint density at radius 3 is 2.34 bits per heavy atom. The molecule has 0 aromatic carbocycles. The van der Waals surface area contributed by atoms with Gasteiger partial charge in [-0.3, -0.25) is 4.79 Å². The van der Waals surface area contributed by atoms with Gasteiger partial charge in [-0.05, 0) is 152 Å². The largest absolute Gasteiger partial charge is 0.435 e. The van der Waals surface area contributed by atoms with Gasteiger partial charge in [0.1, 0.15) is 0 Å². The molecule has 1 saturated heterocycles. The Kier molecular flexibility index (Phi) is 7.43. The fourth-order valence-electron chi connectivity index (χ4n) is 14.8. The lowest BCUT2D eigenvalue weighted by molar-refractivity contribution is -0.282. The number of esters is 1. The van der Waals surface area contributed by atoms with E-state index in [1.165, 1.54) is 63.4 Å². The quantitative estimate of drug-likeness (QED) is 0.196. The number of rotatable bonds is 4. The summed E-state index contributed by atoms with van der Waals surface area (Å²) >= 11 is 0. The van der Waals surface area contributed by atoms with E-state index in [2.05, 4.69) is 62.0 Å². The van der Waals surface area contributed by atoms with Gasteiger partial charge in [0.15, 0.2) is 0 Å². The van der Waals surface area contributed by atoms with Crippen molar-refractivity contribution < 1.29 is 19.4 Å². The van der Waals surface area contributed by atoms with Crippen LogP contribution in [0.1, 0.15) is 132 Å². The first kappa shape index (κ1) is 31.7. The van der Waals surface area contributed by atoms with Crippen LogP contribution in [0, 0.1) is 80.3 Å². The summed E-state index contributed by atoms with van der Waals surface area (Å²) in [5.41, 5.74) is 2.42. The van der Waals surface area contributed by atoms with E-state index in [4.69, 9.17) is 9.47 Å². The lowest BCUT2D eigenvalue weighted by Gasteiger charge is -2.73. The maximum Gasteiger partial charge on any atom is 0.311 e. The molecule has 0 aromatic rings. The predicted octanol–water partition coefficient (Wildman–Crippen LogP) is 9.20. The van der Waals surface area contributed by atoms with E-state index >= 15 is 0 Å². The van der Waals surface area contributed by atoms with Crippen molar-refractivity contribution in [1.82, 2.24) is 0 Å². The molecular formula is C40H64O4. The first-order chi connectivity index (χ1) is 20.6. The van der Waals surface area contributed by atoms with E-state index in [0.717, 1.165) is 19.3 Å². The summed E-state index contributed by atoms with van der Waals surface area (Å²) < 4.78 is 13.1. The zero-order chi connectivity index (χ0) is 31.6. The van der Waals surface area contributed by atoms with Crippen molar-refractivity contribution in [2.45, 2.75) is 145 Å². The third kappa shape index (κ3) is 4.03. The zero-order valence-corrected chi connectivity index (χ0v) is 29.4. The smallest absolute Gasteiger partial charge is 0.311 e. The van der Waals surface area contributed by atoms with Gasteiger partial charge in [0, 0.05) is 12.5 Å². The second-order valence-electron chi connectivity index (χ2n) is 19.1. The number of hydrogen-bond donors (Lipinski definition) is 1. The van der Waals surface area contributed by atoms with Crippen LogP contribution in [0.2, 0.25) is 0 Å².